The van der Waals surface area contributed by atoms with Gasteiger partial charge in [-0.15, -0.1) is 11.6 Å². The van der Waals surface area contributed by atoms with Gasteiger partial charge < -0.3 is 5.32 Å². The van der Waals surface area contributed by atoms with Gasteiger partial charge in [-0.3, -0.25) is 4.79 Å². The molecule has 1 fully saturated rings. The summed E-state index contributed by atoms with van der Waals surface area (Å²) in [5.74, 6) is 0.401. The van der Waals surface area contributed by atoms with Gasteiger partial charge in [-0.25, -0.2) is 8.42 Å². The first-order chi connectivity index (χ1) is 8.20. The zero-order chi connectivity index (χ0) is 14.0. The van der Waals surface area contributed by atoms with Gasteiger partial charge in [0, 0.05) is 12.1 Å². The van der Waals surface area contributed by atoms with E-state index < -0.39 is 26.5 Å². The highest BCUT2D eigenvalue weighted by molar-refractivity contribution is 7.92. The van der Waals surface area contributed by atoms with Crippen LogP contribution < -0.4 is 5.32 Å². The fraction of sp³-hybridized carbons (Fsp3) is 0.917. The van der Waals surface area contributed by atoms with Crippen LogP contribution in [-0.2, 0) is 14.6 Å². The van der Waals surface area contributed by atoms with E-state index in [4.69, 9.17) is 11.6 Å². The number of rotatable bonds is 4. The number of carbonyl (C=O) groups is 1. The molecule has 4 nitrogen and oxygen atoms in total. The predicted octanol–water partition coefficient (Wildman–Crippen LogP) is 1.72. The van der Waals surface area contributed by atoms with Gasteiger partial charge in [-0.1, -0.05) is 19.8 Å². The molecule has 106 valence electrons. The molecule has 0 bridgehead atoms. The van der Waals surface area contributed by atoms with E-state index in [2.05, 4.69) is 12.2 Å². The molecule has 0 radical (unpaired) electrons. The van der Waals surface area contributed by atoms with Gasteiger partial charge >= 0.3 is 0 Å². The standard InChI is InChI=1S/C12H22ClNO3S/c1-9-5-4-6-12(7-9,8-13)14-11(15)10(2)18(3,16)17/h9-10H,4-8H2,1-3H3,(H,14,15). The summed E-state index contributed by atoms with van der Waals surface area (Å²) in [5.41, 5.74) is -0.435. The zero-order valence-electron chi connectivity index (χ0n) is 11.2. The summed E-state index contributed by atoms with van der Waals surface area (Å²) in [5, 5.41) is 1.85. The van der Waals surface area contributed by atoms with Gasteiger partial charge in [0.15, 0.2) is 9.84 Å². The maximum atomic E-state index is 12.0. The number of carbonyl (C=O) groups excluding carboxylic acids is 1. The summed E-state index contributed by atoms with van der Waals surface area (Å²) in [6, 6.07) is 0. The van der Waals surface area contributed by atoms with Crippen molar-refractivity contribution in [1.82, 2.24) is 5.32 Å². The maximum absolute atomic E-state index is 12.0. The van der Waals surface area contributed by atoms with E-state index in [9.17, 15) is 13.2 Å². The average molecular weight is 296 g/mol. The van der Waals surface area contributed by atoms with Crippen molar-refractivity contribution in [3.8, 4) is 0 Å². The highest BCUT2D eigenvalue weighted by atomic mass is 35.5. The van der Waals surface area contributed by atoms with Crippen LogP contribution in [0.15, 0.2) is 0 Å². The Kier molecular flexibility index (Phi) is 5.06. The van der Waals surface area contributed by atoms with Crippen molar-refractivity contribution in [1.29, 1.82) is 0 Å². The molecule has 1 rings (SSSR count). The number of nitrogens with one attached hydrogen (secondary N) is 1. The Bertz CT molecular complexity index is 410. The van der Waals surface area contributed by atoms with Crippen molar-refractivity contribution >= 4 is 27.3 Å². The minimum Gasteiger partial charge on any atom is -0.348 e. The van der Waals surface area contributed by atoms with Crippen LogP contribution in [0.3, 0.4) is 0 Å². The monoisotopic (exact) mass is 295 g/mol. The van der Waals surface area contributed by atoms with Gasteiger partial charge in [0.05, 0.1) is 5.54 Å². The molecule has 1 amide bonds. The van der Waals surface area contributed by atoms with Crippen LogP contribution in [0.4, 0.5) is 0 Å². The number of sulfone groups is 1. The lowest BCUT2D eigenvalue weighted by Crippen LogP contribution is -2.55. The molecule has 6 heteroatoms. The second-order valence-corrected chi connectivity index (χ2v) is 8.21. The first-order valence-electron chi connectivity index (χ1n) is 6.27. The van der Waals surface area contributed by atoms with Crippen molar-refractivity contribution in [3.63, 3.8) is 0 Å². The summed E-state index contributed by atoms with van der Waals surface area (Å²) in [4.78, 5) is 12.0. The van der Waals surface area contributed by atoms with E-state index in [0.717, 1.165) is 31.9 Å². The topological polar surface area (TPSA) is 63.2 Å². The summed E-state index contributed by atoms with van der Waals surface area (Å²) in [6.07, 6.45) is 4.87. The molecule has 3 unspecified atom stereocenters. The number of alkyl halides is 1. The summed E-state index contributed by atoms with van der Waals surface area (Å²) in [6.45, 7) is 3.55. The summed E-state index contributed by atoms with van der Waals surface area (Å²) >= 11 is 6.00. The smallest absolute Gasteiger partial charge is 0.238 e. The Labute approximate surface area is 114 Å². The Morgan fingerprint density at radius 2 is 2.17 bits per heavy atom. The zero-order valence-corrected chi connectivity index (χ0v) is 12.8. The van der Waals surface area contributed by atoms with Gasteiger partial charge in [0.1, 0.15) is 5.25 Å². The normalized spacial score (nSPS) is 30.8. The highest BCUT2D eigenvalue weighted by Crippen LogP contribution is 2.33. The molecule has 1 aliphatic carbocycles. The molecule has 0 aromatic rings. The van der Waals surface area contributed by atoms with Gasteiger partial charge in [0.2, 0.25) is 5.91 Å². The van der Waals surface area contributed by atoms with Gasteiger partial charge in [-0.05, 0) is 25.7 Å². The van der Waals surface area contributed by atoms with Crippen LogP contribution in [0.25, 0.3) is 0 Å². The quantitative estimate of drug-likeness (QED) is 0.803. The van der Waals surface area contributed by atoms with Crippen molar-refractivity contribution < 1.29 is 13.2 Å². The summed E-state index contributed by atoms with van der Waals surface area (Å²) < 4.78 is 22.8. The third kappa shape index (κ3) is 3.85. The molecule has 0 aromatic carbocycles. The second kappa shape index (κ2) is 5.78. The predicted molar refractivity (Wildman–Crippen MR) is 73.5 cm³/mol. The molecule has 0 spiro atoms. The maximum Gasteiger partial charge on any atom is 0.238 e. The molecule has 3 atom stereocenters. The van der Waals surface area contributed by atoms with Gasteiger partial charge in [-0.2, -0.15) is 0 Å². The van der Waals surface area contributed by atoms with Crippen molar-refractivity contribution in [2.24, 2.45) is 5.92 Å². The molecular formula is C12H22ClNO3S. The lowest BCUT2D eigenvalue weighted by atomic mass is 9.77. The SMILES string of the molecule is CC1CCCC(CCl)(NC(=O)C(C)S(C)(=O)=O)C1. The van der Waals surface area contributed by atoms with Crippen molar-refractivity contribution in [3.05, 3.63) is 0 Å². The Morgan fingerprint density at radius 1 is 1.56 bits per heavy atom. The fourth-order valence-electron chi connectivity index (χ4n) is 2.49. The molecule has 1 aliphatic rings. The Hall–Kier alpha value is -0.290. The van der Waals surface area contributed by atoms with Gasteiger partial charge in [0.25, 0.3) is 0 Å². The molecule has 1 saturated carbocycles. The lowest BCUT2D eigenvalue weighted by molar-refractivity contribution is -0.122. The lowest BCUT2D eigenvalue weighted by Gasteiger charge is -2.39. The van der Waals surface area contributed by atoms with E-state index in [1.54, 1.807) is 0 Å². The van der Waals surface area contributed by atoms with E-state index in [0.29, 0.717) is 11.8 Å². The molecule has 1 N–H and O–H groups in total. The van der Waals surface area contributed by atoms with E-state index in [1.165, 1.54) is 6.92 Å². The molecule has 0 heterocycles. The third-order valence-corrected chi connectivity index (χ3v) is 5.76. The minimum atomic E-state index is -3.36. The third-order valence-electron chi connectivity index (χ3n) is 3.75. The van der Waals surface area contributed by atoms with Crippen molar-refractivity contribution in [2.45, 2.75) is 50.3 Å². The van der Waals surface area contributed by atoms with E-state index in [1.807, 2.05) is 0 Å². The Morgan fingerprint density at radius 3 is 2.61 bits per heavy atom. The van der Waals surface area contributed by atoms with Crippen LogP contribution in [0.1, 0.15) is 39.5 Å². The first kappa shape index (κ1) is 15.8. The van der Waals surface area contributed by atoms with Crippen LogP contribution in [0, 0.1) is 5.92 Å². The molecule has 0 aliphatic heterocycles. The molecular weight excluding hydrogens is 274 g/mol. The number of hydrogen-bond donors (Lipinski definition) is 1. The number of halogens is 1. The van der Waals surface area contributed by atoms with Crippen LogP contribution in [0.5, 0.6) is 0 Å². The number of amides is 1. The minimum absolute atomic E-state index is 0.333. The largest absolute Gasteiger partial charge is 0.348 e. The number of hydrogen-bond acceptors (Lipinski definition) is 3. The second-order valence-electron chi connectivity index (χ2n) is 5.58. The molecule has 18 heavy (non-hydrogen) atoms. The highest BCUT2D eigenvalue weighted by Gasteiger charge is 2.37. The van der Waals surface area contributed by atoms with E-state index >= 15 is 0 Å². The fourth-order valence-corrected chi connectivity index (χ4v) is 3.24. The summed E-state index contributed by atoms with van der Waals surface area (Å²) in [7, 11) is -3.36. The first-order valence-corrected chi connectivity index (χ1v) is 8.76. The average Bonchev–Trinajstić information content (AvgIpc) is 2.26. The molecule has 0 aromatic heterocycles. The molecule has 0 saturated heterocycles. The Balaban J connectivity index is 2.77. The van der Waals surface area contributed by atoms with E-state index in [-0.39, 0.29) is 0 Å². The van der Waals surface area contributed by atoms with Crippen LogP contribution >= 0.6 is 11.6 Å². The van der Waals surface area contributed by atoms with Crippen LogP contribution in [0.2, 0.25) is 0 Å². The van der Waals surface area contributed by atoms with Crippen molar-refractivity contribution in [2.75, 3.05) is 12.1 Å². The van der Waals surface area contributed by atoms with Crippen LogP contribution in [-0.4, -0.2) is 37.2 Å².